The molecular weight excluding hydrogens is 283 g/mol. The van der Waals surface area contributed by atoms with Gasteiger partial charge in [0.25, 0.3) is 0 Å². The van der Waals surface area contributed by atoms with Gasteiger partial charge in [0.05, 0.1) is 0 Å². The van der Waals surface area contributed by atoms with Crippen LogP contribution in [0.4, 0.5) is 0 Å². The molecule has 82 valence electrons. The van der Waals surface area contributed by atoms with Crippen LogP contribution in [0, 0.1) is 23.7 Å². The third-order valence-electron chi connectivity index (χ3n) is 3.81. The fourth-order valence-corrected chi connectivity index (χ4v) is 3.46. The van der Waals surface area contributed by atoms with Crippen molar-refractivity contribution in [3.63, 3.8) is 0 Å². The Morgan fingerprint density at radius 3 is 2.64 bits per heavy atom. The van der Waals surface area contributed by atoms with E-state index in [4.69, 9.17) is 0 Å². The SMILES string of the molecule is CCC1C(C)=CC(C(C)CI)CC1C. The van der Waals surface area contributed by atoms with E-state index in [1.165, 1.54) is 17.3 Å². The van der Waals surface area contributed by atoms with Gasteiger partial charge < -0.3 is 0 Å². The summed E-state index contributed by atoms with van der Waals surface area (Å²) in [5.74, 6) is 3.43. The number of hydrogen-bond donors (Lipinski definition) is 0. The van der Waals surface area contributed by atoms with Gasteiger partial charge in [-0.05, 0) is 43.4 Å². The lowest BCUT2D eigenvalue weighted by atomic mass is 9.71. The minimum Gasteiger partial charge on any atom is -0.0861 e. The van der Waals surface area contributed by atoms with Crippen molar-refractivity contribution in [1.82, 2.24) is 0 Å². The summed E-state index contributed by atoms with van der Waals surface area (Å²) < 4.78 is 1.29. The van der Waals surface area contributed by atoms with Gasteiger partial charge in [-0.3, -0.25) is 0 Å². The molecule has 0 aliphatic heterocycles. The summed E-state index contributed by atoms with van der Waals surface area (Å²) in [4.78, 5) is 0. The molecule has 1 aliphatic rings. The highest BCUT2D eigenvalue weighted by molar-refractivity contribution is 14.1. The molecule has 0 heterocycles. The van der Waals surface area contributed by atoms with E-state index in [1.807, 2.05) is 0 Å². The number of rotatable bonds is 3. The zero-order valence-corrected chi connectivity index (χ0v) is 12.0. The Bertz CT molecular complexity index is 207. The second kappa shape index (κ2) is 5.53. The fraction of sp³-hybridized carbons (Fsp3) is 0.846. The monoisotopic (exact) mass is 306 g/mol. The predicted molar refractivity (Wildman–Crippen MR) is 72.9 cm³/mol. The van der Waals surface area contributed by atoms with Crippen LogP contribution < -0.4 is 0 Å². The molecule has 0 amide bonds. The molecule has 4 atom stereocenters. The van der Waals surface area contributed by atoms with E-state index in [2.05, 4.69) is 56.4 Å². The van der Waals surface area contributed by atoms with Gasteiger partial charge in [0.2, 0.25) is 0 Å². The fourth-order valence-electron chi connectivity index (χ4n) is 2.81. The van der Waals surface area contributed by atoms with Gasteiger partial charge in [0.15, 0.2) is 0 Å². The number of alkyl halides is 1. The highest BCUT2D eigenvalue weighted by atomic mass is 127. The summed E-state index contributed by atoms with van der Waals surface area (Å²) in [6.45, 7) is 9.47. The number of hydrogen-bond acceptors (Lipinski definition) is 0. The maximum Gasteiger partial charge on any atom is 0.00266 e. The third kappa shape index (κ3) is 2.74. The van der Waals surface area contributed by atoms with Crippen LogP contribution in [0.1, 0.15) is 40.5 Å². The summed E-state index contributed by atoms with van der Waals surface area (Å²) in [5, 5.41) is 0. The lowest BCUT2D eigenvalue weighted by Crippen LogP contribution is -2.25. The van der Waals surface area contributed by atoms with Gasteiger partial charge in [0.1, 0.15) is 0 Å². The highest BCUT2D eigenvalue weighted by Crippen LogP contribution is 2.38. The maximum atomic E-state index is 2.55. The van der Waals surface area contributed by atoms with Gasteiger partial charge in [-0.15, -0.1) is 0 Å². The Balaban J connectivity index is 2.73. The van der Waals surface area contributed by atoms with Crippen molar-refractivity contribution < 1.29 is 0 Å². The maximum absolute atomic E-state index is 2.55. The second-order valence-electron chi connectivity index (χ2n) is 4.93. The molecule has 0 saturated carbocycles. The van der Waals surface area contributed by atoms with Crippen molar-refractivity contribution >= 4 is 22.6 Å². The van der Waals surface area contributed by atoms with Crippen LogP contribution >= 0.6 is 22.6 Å². The Kier molecular flexibility index (Phi) is 4.95. The molecular formula is C13H23I. The molecule has 0 N–H and O–H groups in total. The zero-order chi connectivity index (χ0) is 10.7. The largest absolute Gasteiger partial charge is 0.0861 e. The average Bonchev–Trinajstić information content (AvgIpc) is 2.16. The summed E-state index contributed by atoms with van der Waals surface area (Å²) in [5.41, 5.74) is 1.65. The zero-order valence-electron chi connectivity index (χ0n) is 9.89. The lowest BCUT2D eigenvalue weighted by molar-refractivity contribution is 0.275. The van der Waals surface area contributed by atoms with Gasteiger partial charge in [0, 0.05) is 4.43 Å². The van der Waals surface area contributed by atoms with Gasteiger partial charge >= 0.3 is 0 Å². The first-order valence-electron chi connectivity index (χ1n) is 5.84. The molecule has 0 bridgehead atoms. The molecule has 1 heteroatoms. The summed E-state index contributed by atoms with van der Waals surface area (Å²) >= 11 is 2.52. The molecule has 14 heavy (non-hydrogen) atoms. The Morgan fingerprint density at radius 1 is 1.57 bits per heavy atom. The van der Waals surface area contributed by atoms with E-state index < -0.39 is 0 Å². The normalized spacial score (nSPS) is 35.2. The molecule has 4 unspecified atom stereocenters. The Labute approximate surface area is 103 Å². The van der Waals surface area contributed by atoms with Crippen molar-refractivity contribution in [2.24, 2.45) is 23.7 Å². The molecule has 1 aliphatic carbocycles. The highest BCUT2D eigenvalue weighted by Gasteiger charge is 2.27. The molecule has 0 radical (unpaired) electrons. The van der Waals surface area contributed by atoms with Gasteiger partial charge in [-0.1, -0.05) is 55.0 Å². The first kappa shape index (κ1) is 12.5. The van der Waals surface area contributed by atoms with E-state index in [1.54, 1.807) is 5.57 Å². The van der Waals surface area contributed by atoms with Crippen LogP contribution in [-0.4, -0.2) is 4.43 Å². The van der Waals surface area contributed by atoms with E-state index in [9.17, 15) is 0 Å². The van der Waals surface area contributed by atoms with Crippen LogP contribution in [0.5, 0.6) is 0 Å². The molecule has 0 aromatic rings. The topological polar surface area (TPSA) is 0 Å². The molecule has 0 spiro atoms. The molecule has 0 saturated heterocycles. The molecule has 0 aromatic carbocycles. The number of halogens is 1. The molecule has 0 aromatic heterocycles. The third-order valence-corrected chi connectivity index (χ3v) is 5.20. The van der Waals surface area contributed by atoms with Crippen molar-refractivity contribution in [3.05, 3.63) is 11.6 Å². The van der Waals surface area contributed by atoms with Gasteiger partial charge in [-0.25, -0.2) is 0 Å². The Hall–Kier alpha value is 0.470. The minimum absolute atomic E-state index is 0.838. The second-order valence-corrected chi connectivity index (χ2v) is 5.81. The predicted octanol–water partition coefficient (Wildman–Crippen LogP) is 4.69. The average molecular weight is 306 g/mol. The summed E-state index contributed by atoms with van der Waals surface area (Å²) in [7, 11) is 0. The van der Waals surface area contributed by atoms with E-state index >= 15 is 0 Å². The standard InChI is InChI=1S/C13H23I/c1-5-13-9(2)6-12(7-10(13)3)11(4)8-14/h6,10-13H,5,7-8H2,1-4H3. The van der Waals surface area contributed by atoms with Crippen molar-refractivity contribution in [2.45, 2.75) is 40.5 Å². The molecule has 0 nitrogen and oxygen atoms in total. The first-order chi connectivity index (χ1) is 6.60. The van der Waals surface area contributed by atoms with Crippen LogP contribution in [0.15, 0.2) is 11.6 Å². The minimum atomic E-state index is 0.838. The Morgan fingerprint density at radius 2 is 2.21 bits per heavy atom. The van der Waals surface area contributed by atoms with E-state index in [-0.39, 0.29) is 0 Å². The van der Waals surface area contributed by atoms with Crippen LogP contribution in [0.3, 0.4) is 0 Å². The quantitative estimate of drug-likeness (QED) is 0.403. The van der Waals surface area contributed by atoms with E-state index in [0.717, 1.165) is 23.7 Å². The van der Waals surface area contributed by atoms with Crippen LogP contribution in [-0.2, 0) is 0 Å². The molecule has 1 rings (SSSR count). The number of allylic oxidation sites excluding steroid dienone is 2. The van der Waals surface area contributed by atoms with Crippen molar-refractivity contribution in [3.8, 4) is 0 Å². The van der Waals surface area contributed by atoms with Crippen LogP contribution in [0.25, 0.3) is 0 Å². The van der Waals surface area contributed by atoms with E-state index in [0.29, 0.717) is 0 Å². The van der Waals surface area contributed by atoms with Crippen LogP contribution in [0.2, 0.25) is 0 Å². The van der Waals surface area contributed by atoms with Crippen molar-refractivity contribution in [1.29, 1.82) is 0 Å². The summed E-state index contributed by atoms with van der Waals surface area (Å²) in [6, 6.07) is 0. The molecule has 0 fully saturated rings. The first-order valence-corrected chi connectivity index (χ1v) is 7.36. The van der Waals surface area contributed by atoms with Gasteiger partial charge in [-0.2, -0.15) is 0 Å². The smallest absolute Gasteiger partial charge is 0.00266 e. The van der Waals surface area contributed by atoms with Crippen molar-refractivity contribution in [2.75, 3.05) is 4.43 Å². The summed E-state index contributed by atoms with van der Waals surface area (Å²) in [6.07, 6.45) is 5.27. The lowest BCUT2D eigenvalue weighted by Gasteiger charge is -2.34.